The summed E-state index contributed by atoms with van der Waals surface area (Å²) >= 11 is 15.8. The van der Waals surface area contributed by atoms with Crippen LogP contribution >= 0.6 is 34.8 Å². The van der Waals surface area contributed by atoms with E-state index in [1.807, 2.05) is 5.32 Å². The molecule has 0 saturated heterocycles. The van der Waals surface area contributed by atoms with E-state index in [2.05, 4.69) is 0 Å². The number of nitrogens with one attached hydrogen (secondary N) is 1. The average molecular weight is 309 g/mol. The Morgan fingerprint density at radius 2 is 1.61 bits per heavy atom. The molecule has 1 rings (SSSR count). The second kappa shape index (κ2) is 6.18. The van der Waals surface area contributed by atoms with Crippen molar-refractivity contribution in [2.45, 2.75) is 10.2 Å². The van der Waals surface area contributed by atoms with E-state index in [-0.39, 0.29) is 0 Å². The number of carbonyl (C=O) groups excluding carboxylic acids is 3. The fourth-order valence-corrected chi connectivity index (χ4v) is 1.26. The lowest BCUT2D eigenvalue weighted by Crippen LogP contribution is -2.39. The summed E-state index contributed by atoms with van der Waals surface area (Å²) in [6.45, 7) is 0. The molecule has 18 heavy (non-hydrogen) atoms. The predicted octanol–water partition coefficient (Wildman–Crippen LogP) is 2.27. The Labute approximate surface area is 118 Å². The van der Waals surface area contributed by atoms with Gasteiger partial charge in [-0.1, -0.05) is 65.1 Å². The number of hydrogen-bond acceptors (Lipinski definition) is 3. The van der Waals surface area contributed by atoms with Gasteiger partial charge in [0.1, 0.15) is 0 Å². The fourth-order valence-electron chi connectivity index (χ4n) is 1.11. The van der Waals surface area contributed by atoms with Gasteiger partial charge >= 0.3 is 0 Å². The third-order valence-electron chi connectivity index (χ3n) is 1.93. The SMILES string of the molecule is O=C(CC(=O)c1ccccc1)NC(=O)C(Cl)(Cl)Cl. The zero-order chi connectivity index (χ0) is 13.8. The van der Waals surface area contributed by atoms with Gasteiger partial charge in [0.05, 0.1) is 6.42 Å². The number of amides is 2. The van der Waals surface area contributed by atoms with Gasteiger partial charge in [0, 0.05) is 5.56 Å². The lowest BCUT2D eigenvalue weighted by atomic mass is 10.1. The molecule has 0 aliphatic carbocycles. The Morgan fingerprint density at radius 1 is 1.06 bits per heavy atom. The topological polar surface area (TPSA) is 63.2 Å². The third kappa shape index (κ3) is 4.64. The van der Waals surface area contributed by atoms with Crippen LogP contribution in [0, 0.1) is 0 Å². The molecular weight excluding hydrogens is 300 g/mol. The Kier molecular flexibility index (Phi) is 5.14. The molecule has 1 aromatic carbocycles. The van der Waals surface area contributed by atoms with Crippen LogP contribution in [0.5, 0.6) is 0 Å². The van der Waals surface area contributed by atoms with Crippen LogP contribution in [0.4, 0.5) is 0 Å². The zero-order valence-corrected chi connectivity index (χ0v) is 11.2. The number of alkyl halides is 3. The molecular formula is C11H8Cl3NO3. The number of hydrogen-bond donors (Lipinski definition) is 1. The van der Waals surface area contributed by atoms with E-state index in [1.165, 1.54) is 0 Å². The summed E-state index contributed by atoms with van der Waals surface area (Å²) in [5.41, 5.74) is 0.369. The van der Waals surface area contributed by atoms with Gasteiger partial charge in [-0.25, -0.2) is 0 Å². The number of halogens is 3. The highest BCUT2D eigenvalue weighted by atomic mass is 35.6. The maximum absolute atomic E-state index is 11.6. The van der Waals surface area contributed by atoms with E-state index in [1.54, 1.807) is 30.3 Å². The van der Waals surface area contributed by atoms with Crippen LogP contribution in [-0.2, 0) is 9.59 Å². The largest absolute Gasteiger partial charge is 0.294 e. The van der Waals surface area contributed by atoms with Crippen LogP contribution < -0.4 is 5.32 Å². The molecule has 0 aromatic heterocycles. The first-order valence-corrected chi connectivity index (χ1v) is 5.93. The van der Waals surface area contributed by atoms with E-state index < -0.39 is 27.8 Å². The molecule has 0 aliphatic heterocycles. The first-order valence-electron chi connectivity index (χ1n) is 4.80. The molecule has 96 valence electrons. The Morgan fingerprint density at radius 3 is 2.11 bits per heavy atom. The molecule has 1 N–H and O–H groups in total. The van der Waals surface area contributed by atoms with E-state index in [0.717, 1.165) is 0 Å². The molecule has 0 bridgehead atoms. The summed E-state index contributed by atoms with van der Waals surface area (Å²) in [6, 6.07) is 8.19. The molecule has 0 aliphatic rings. The summed E-state index contributed by atoms with van der Waals surface area (Å²) in [4.78, 5) is 34.1. The van der Waals surface area contributed by atoms with Gasteiger partial charge in [-0.3, -0.25) is 19.7 Å². The Balaban J connectivity index is 2.57. The maximum Gasteiger partial charge on any atom is 0.278 e. The number of imide groups is 1. The average Bonchev–Trinajstić information content (AvgIpc) is 2.28. The van der Waals surface area contributed by atoms with Crippen molar-refractivity contribution in [2.75, 3.05) is 0 Å². The van der Waals surface area contributed by atoms with Crippen molar-refractivity contribution in [1.82, 2.24) is 5.32 Å². The first-order chi connectivity index (χ1) is 8.30. The number of rotatable bonds is 3. The van der Waals surface area contributed by atoms with Crippen molar-refractivity contribution in [2.24, 2.45) is 0 Å². The van der Waals surface area contributed by atoms with Crippen molar-refractivity contribution >= 4 is 52.4 Å². The first kappa shape index (κ1) is 15.0. The van der Waals surface area contributed by atoms with Gasteiger partial charge in [-0.15, -0.1) is 0 Å². The molecule has 0 spiro atoms. The molecule has 0 saturated carbocycles. The van der Waals surface area contributed by atoms with Gasteiger partial charge in [-0.05, 0) is 0 Å². The predicted molar refractivity (Wildman–Crippen MR) is 68.8 cm³/mol. The van der Waals surface area contributed by atoms with Crippen molar-refractivity contribution < 1.29 is 14.4 Å². The molecule has 7 heteroatoms. The van der Waals surface area contributed by atoms with Crippen LogP contribution in [-0.4, -0.2) is 21.4 Å². The zero-order valence-electron chi connectivity index (χ0n) is 8.95. The van der Waals surface area contributed by atoms with Crippen molar-refractivity contribution in [1.29, 1.82) is 0 Å². The van der Waals surface area contributed by atoms with Crippen LogP contribution in [0.25, 0.3) is 0 Å². The molecule has 2 amide bonds. The van der Waals surface area contributed by atoms with Crippen molar-refractivity contribution in [3.8, 4) is 0 Å². The minimum Gasteiger partial charge on any atom is -0.294 e. The molecule has 4 nitrogen and oxygen atoms in total. The summed E-state index contributed by atoms with van der Waals surface area (Å²) in [6.07, 6.45) is -0.490. The smallest absolute Gasteiger partial charge is 0.278 e. The number of Topliss-reactive ketones (excluding diaryl/α,β-unsaturated/α-hetero) is 1. The van der Waals surface area contributed by atoms with E-state index >= 15 is 0 Å². The highest BCUT2D eigenvalue weighted by molar-refractivity contribution is 6.76. The summed E-state index contributed by atoms with van der Waals surface area (Å²) < 4.78 is -2.23. The second-order valence-corrected chi connectivity index (χ2v) is 5.62. The monoisotopic (exact) mass is 307 g/mol. The number of ketones is 1. The molecule has 0 radical (unpaired) electrons. The quantitative estimate of drug-likeness (QED) is 0.529. The fraction of sp³-hybridized carbons (Fsp3) is 0.182. The summed E-state index contributed by atoms with van der Waals surface area (Å²) in [7, 11) is 0. The summed E-state index contributed by atoms with van der Waals surface area (Å²) in [5.74, 6) is -2.33. The Bertz CT molecular complexity index is 468. The summed E-state index contributed by atoms with van der Waals surface area (Å²) in [5, 5.41) is 1.83. The lowest BCUT2D eigenvalue weighted by molar-refractivity contribution is -0.129. The minimum absolute atomic E-state index is 0.369. The van der Waals surface area contributed by atoms with Crippen LogP contribution in [0.3, 0.4) is 0 Å². The van der Waals surface area contributed by atoms with Gasteiger partial charge in [0.15, 0.2) is 5.78 Å². The third-order valence-corrected chi connectivity index (χ3v) is 2.44. The molecule has 0 unspecified atom stereocenters. The van der Waals surface area contributed by atoms with E-state index in [9.17, 15) is 14.4 Å². The highest BCUT2D eigenvalue weighted by Crippen LogP contribution is 2.25. The van der Waals surface area contributed by atoms with Gasteiger partial charge in [0.2, 0.25) is 5.91 Å². The van der Waals surface area contributed by atoms with Gasteiger partial charge in [-0.2, -0.15) is 0 Å². The maximum atomic E-state index is 11.6. The molecule has 0 atom stereocenters. The van der Waals surface area contributed by atoms with Crippen LogP contribution in [0.2, 0.25) is 0 Å². The van der Waals surface area contributed by atoms with E-state index in [4.69, 9.17) is 34.8 Å². The van der Waals surface area contributed by atoms with Crippen LogP contribution in [0.1, 0.15) is 16.8 Å². The van der Waals surface area contributed by atoms with E-state index in [0.29, 0.717) is 5.56 Å². The van der Waals surface area contributed by atoms with Gasteiger partial charge in [0.25, 0.3) is 9.70 Å². The molecule has 0 heterocycles. The molecule has 1 aromatic rings. The standard InChI is InChI=1S/C11H8Cl3NO3/c12-11(13,14)10(18)15-9(17)6-8(16)7-4-2-1-3-5-7/h1-5H,6H2,(H,15,17,18). The minimum atomic E-state index is -2.23. The molecule has 0 fully saturated rings. The van der Waals surface area contributed by atoms with Crippen molar-refractivity contribution in [3.05, 3.63) is 35.9 Å². The number of benzene rings is 1. The van der Waals surface area contributed by atoms with Crippen LogP contribution in [0.15, 0.2) is 30.3 Å². The van der Waals surface area contributed by atoms with Gasteiger partial charge < -0.3 is 0 Å². The lowest BCUT2D eigenvalue weighted by Gasteiger charge is -2.09. The van der Waals surface area contributed by atoms with Crippen molar-refractivity contribution in [3.63, 3.8) is 0 Å². The second-order valence-electron chi connectivity index (χ2n) is 3.34. The highest BCUT2D eigenvalue weighted by Gasteiger charge is 2.32. The number of carbonyl (C=O) groups is 3. The normalized spacial score (nSPS) is 10.8. The Hall–Kier alpha value is -1.10.